The molecule has 2 heterocycles. The third kappa shape index (κ3) is 5.56. The lowest BCUT2D eigenvalue weighted by Gasteiger charge is -2.41. The monoisotopic (exact) mass is 389 g/mol. The van der Waals surface area contributed by atoms with Crippen molar-refractivity contribution in [2.24, 2.45) is 5.73 Å². The van der Waals surface area contributed by atoms with Crippen LogP contribution in [0.1, 0.15) is 24.0 Å². The van der Waals surface area contributed by atoms with Gasteiger partial charge in [-0.15, -0.1) is 24.8 Å². The molecule has 1 aromatic carbocycles. The number of halogens is 2. The smallest absolute Gasteiger partial charge is 0.242 e. The molecule has 2 saturated heterocycles. The minimum absolute atomic E-state index is 0. The number of hydrogen-bond donors (Lipinski definition) is 1. The maximum absolute atomic E-state index is 12.7. The van der Waals surface area contributed by atoms with E-state index in [1.54, 1.807) is 0 Å². The average molecular weight is 390 g/mol. The summed E-state index contributed by atoms with van der Waals surface area (Å²) in [5.74, 6) is 0.107. The maximum atomic E-state index is 12.7. The Morgan fingerprint density at radius 3 is 2.40 bits per heavy atom. The summed E-state index contributed by atoms with van der Waals surface area (Å²) in [6, 6.07) is 8.62. The van der Waals surface area contributed by atoms with Crippen LogP contribution in [0.2, 0.25) is 0 Å². The number of hydrogen-bond acceptors (Lipinski definition) is 4. The van der Waals surface area contributed by atoms with Crippen molar-refractivity contribution >= 4 is 30.7 Å². The number of amides is 1. The molecule has 3 rings (SSSR count). The van der Waals surface area contributed by atoms with Crippen molar-refractivity contribution in [2.45, 2.75) is 31.8 Å². The van der Waals surface area contributed by atoms with E-state index in [0.717, 1.165) is 32.7 Å². The zero-order valence-corrected chi connectivity index (χ0v) is 16.4. The number of ether oxygens (including phenoxy) is 1. The molecule has 0 unspecified atom stereocenters. The van der Waals surface area contributed by atoms with Gasteiger partial charge in [-0.3, -0.25) is 9.69 Å². The van der Waals surface area contributed by atoms with Crippen LogP contribution >= 0.6 is 24.8 Å². The van der Waals surface area contributed by atoms with E-state index in [1.165, 1.54) is 11.1 Å². The standard InChI is InChI=1S/C18H27N3O2.2ClH/c1-15-3-2-4-16(13-15)14-20-7-9-21(10-8-20)17(22)18(19)5-11-23-12-6-18;;/h2-4,13H,5-12,14,19H2,1H3;2*1H. The Bertz CT molecular complexity index is 557. The van der Waals surface area contributed by atoms with E-state index in [1.807, 2.05) is 4.90 Å². The van der Waals surface area contributed by atoms with E-state index >= 15 is 0 Å². The Hall–Kier alpha value is -0.850. The molecule has 0 atom stereocenters. The molecule has 0 aromatic heterocycles. The topological polar surface area (TPSA) is 58.8 Å². The number of piperazine rings is 1. The summed E-state index contributed by atoms with van der Waals surface area (Å²) in [5.41, 5.74) is 8.24. The van der Waals surface area contributed by atoms with E-state index in [2.05, 4.69) is 36.1 Å². The van der Waals surface area contributed by atoms with Crippen LogP contribution in [-0.2, 0) is 16.1 Å². The third-order valence-electron chi connectivity index (χ3n) is 4.96. The Balaban J connectivity index is 0.00000156. The molecule has 7 heteroatoms. The number of benzene rings is 1. The van der Waals surface area contributed by atoms with Crippen molar-refractivity contribution in [1.82, 2.24) is 9.80 Å². The Kier molecular flexibility index (Phi) is 8.64. The van der Waals surface area contributed by atoms with Crippen LogP contribution in [0.5, 0.6) is 0 Å². The minimum atomic E-state index is -0.711. The molecule has 2 fully saturated rings. The van der Waals surface area contributed by atoms with Crippen LogP contribution in [0, 0.1) is 6.92 Å². The molecule has 0 aliphatic carbocycles. The van der Waals surface area contributed by atoms with E-state index in [4.69, 9.17) is 10.5 Å². The van der Waals surface area contributed by atoms with Crippen molar-refractivity contribution in [3.05, 3.63) is 35.4 Å². The maximum Gasteiger partial charge on any atom is 0.242 e. The van der Waals surface area contributed by atoms with Gasteiger partial charge in [-0.1, -0.05) is 29.8 Å². The molecule has 0 radical (unpaired) electrons. The molecule has 0 spiro atoms. The highest BCUT2D eigenvalue weighted by molar-refractivity contribution is 5.86. The van der Waals surface area contributed by atoms with Gasteiger partial charge in [-0.2, -0.15) is 0 Å². The quantitative estimate of drug-likeness (QED) is 0.858. The van der Waals surface area contributed by atoms with Gasteiger partial charge in [0.25, 0.3) is 0 Å². The highest BCUT2D eigenvalue weighted by atomic mass is 35.5. The SMILES string of the molecule is Cc1cccc(CN2CCN(C(=O)C3(N)CCOCC3)CC2)c1.Cl.Cl. The molecule has 2 aliphatic heterocycles. The second-order valence-corrected chi connectivity index (χ2v) is 6.83. The van der Waals surface area contributed by atoms with Gasteiger partial charge in [0.15, 0.2) is 0 Å². The largest absolute Gasteiger partial charge is 0.381 e. The van der Waals surface area contributed by atoms with Crippen molar-refractivity contribution < 1.29 is 9.53 Å². The van der Waals surface area contributed by atoms with E-state index < -0.39 is 5.54 Å². The van der Waals surface area contributed by atoms with Gasteiger partial charge in [0.1, 0.15) is 0 Å². The lowest BCUT2D eigenvalue weighted by Crippen LogP contribution is -2.61. The normalized spacial score (nSPS) is 20.3. The van der Waals surface area contributed by atoms with Gasteiger partial charge >= 0.3 is 0 Å². The number of aryl methyl sites for hydroxylation is 1. The van der Waals surface area contributed by atoms with Crippen molar-refractivity contribution in [3.63, 3.8) is 0 Å². The van der Waals surface area contributed by atoms with Crippen molar-refractivity contribution in [3.8, 4) is 0 Å². The molecule has 0 saturated carbocycles. The summed E-state index contributed by atoms with van der Waals surface area (Å²) in [6.45, 7) is 7.61. The summed E-state index contributed by atoms with van der Waals surface area (Å²) >= 11 is 0. The first-order valence-corrected chi connectivity index (χ1v) is 8.51. The lowest BCUT2D eigenvalue weighted by molar-refractivity contribution is -0.142. The van der Waals surface area contributed by atoms with Gasteiger partial charge < -0.3 is 15.4 Å². The molecule has 25 heavy (non-hydrogen) atoms. The molecular formula is C18H29Cl2N3O2. The predicted octanol–water partition coefficient (Wildman–Crippen LogP) is 1.99. The molecule has 0 bridgehead atoms. The van der Waals surface area contributed by atoms with Crippen molar-refractivity contribution in [2.75, 3.05) is 39.4 Å². The second kappa shape index (κ2) is 9.74. The summed E-state index contributed by atoms with van der Waals surface area (Å²) in [5, 5.41) is 0. The first kappa shape index (κ1) is 22.2. The number of carbonyl (C=O) groups excluding carboxylic acids is 1. The molecule has 1 amide bonds. The van der Waals surface area contributed by atoms with Gasteiger partial charge in [-0.05, 0) is 25.3 Å². The summed E-state index contributed by atoms with van der Waals surface area (Å²) in [6.07, 6.45) is 1.27. The Morgan fingerprint density at radius 2 is 1.80 bits per heavy atom. The Labute approximate surface area is 162 Å². The van der Waals surface area contributed by atoms with Gasteiger partial charge in [0, 0.05) is 45.9 Å². The molecule has 1 aromatic rings. The Morgan fingerprint density at radius 1 is 1.16 bits per heavy atom. The number of nitrogens with two attached hydrogens (primary N) is 1. The molecule has 142 valence electrons. The van der Waals surface area contributed by atoms with Crippen LogP contribution in [0.15, 0.2) is 24.3 Å². The van der Waals surface area contributed by atoms with Gasteiger partial charge in [0.2, 0.25) is 5.91 Å². The number of rotatable bonds is 3. The molecule has 2 N–H and O–H groups in total. The number of nitrogens with zero attached hydrogens (tertiary/aromatic N) is 2. The molecule has 5 nitrogen and oxygen atoms in total. The highest BCUT2D eigenvalue weighted by Gasteiger charge is 2.39. The summed E-state index contributed by atoms with van der Waals surface area (Å²) in [4.78, 5) is 17.1. The first-order chi connectivity index (χ1) is 11.1. The second-order valence-electron chi connectivity index (χ2n) is 6.83. The van der Waals surface area contributed by atoms with Crippen LogP contribution in [-0.4, -0.2) is 60.6 Å². The molecular weight excluding hydrogens is 361 g/mol. The van der Waals surface area contributed by atoms with Crippen LogP contribution < -0.4 is 5.73 Å². The van der Waals surface area contributed by atoms with E-state index in [0.29, 0.717) is 26.1 Å². The van der Waals surface area contributed by atoms with Crippen molar-refractivity contribution in [1.29, 1.82) is 0 Å². The third-order valence-corrected chi connectivity index (χ3v) is 4.96. The van der Waals surface area contributed by atoms with Gasteiger partial charge in [-0.25, -0.2) is 0 Å². The van der Waals surface area contributed by atoms with Gasteiger partial charge in [0.05, 0.1) is 5.54 Å². The highest BCUT2D eigenvalue weighted by Crippen LogP contribution is 2.21. The zero-order valence-electron chi connectivity index (χ0n) is 14.8. The fourth-order valence-electron chi connectivity index (χ4n) is 3.44. The zero-order chi connectivity index (χ0) is 16.3. The summed E-state index contributed by atoms with van der Waals surface area (Å²) < 4.78 is 5.34. The van der Waals surface area contributed by atoms with E-state index in [-0.39, 0.29) is 30.7 Å². The van der Waals surface area contributed by atoms with Crippen LogP contribution in [0.25, 0.3) is 0 Å². The summed E-state index contributed by atoms with van der Waals surface area (Å²) in [7, 11) is 0. The molecule has 2 aliphatic rings. The minimum Gasteiger partial charge on any atom is -0.381 e. The average Bonchev–Trinajstić information content (AvgIpc) is 2.56. The fourth-order valence-corrected chi connectivity index (χ4v) is 3.44. The predicted molar refractivity (Wildman–Crippen MR) is 105 cm³/mol. The lowest BCUT2D eigenvalue weighted by atomic mass is 9.89. The van der Waals surface area contributed by atoms with Crippen LogP contribution in [0.4, 0.5) is 0 Å². The van der Waals surface area contributed by atoms with E-state index in [9.17, 15) is 4.79 Å². The fraction of sp³-hybridized carbons (Fsp3) is 0.611. The van der Waals surface area contributed by atoms with Crippen LogP contribution in [0.3, 0.4) is 0 Å². The number of carbonyl (C=O) groups is 1. The first-order valence-electron chi connectivity index (χ1n) is 8.51.